The highest BCUT2D eigenvalue weighted by atomic mass is 19.4. The number of alkyl halides is 3. The maximum absolute atomic E-state index is 15.0. The number of likely N-dealkylation sites (tertiary alicyclic amines) is 1. The predicted molar refractivity (Wildman–Crippen MR) is 156 cm³/mol. The van der Waals surface area contributed by atoms with Gasteiger partial charge in [-0.25, -0.2) is 0 Å². The molecular formula is C33H39F3N2O4. The van der Waals surface area contributed by atoms with Crippen molar-refractivity contribution >= 4 is 16.7 Å². The Morgan fingerprint density at radius 2 is 1.67 bits per heavy atom. The number of amides is 1. The van der Waals surface area contributed by atoms with E-state index in [9.17, 15) is 4.79 Å². The number of methoxy groups -OCH3 is 2. The topological polar surface area (TPSA) is 60.0 Å². The summed E-state index contributed by atoms with van der Waals surface area (Å²) in [5.74, 6) is -0.127. The number of para-hydroxylation sites is 1. The molecule has 1 amide bonds. The molecule has 42 heavy (non-hydrogen) atoms. The molecule has 1 spiro atoms. The van der Waals surface area contributed by atoms with Gasteiger partial charge in [0.1, 0.15) is 5.75 Å². The van der Waals surface area contributed by atoms with Gasteiger partial charge in [-0.3, -0.25) is 4.79 Å². The minimum Gasteiger partial charge on any atom is -0.493 e. The van der Waals surface area contributed by atoms with E-state index in [2.05, 4.69) is 11.4 Å². The number of rotatable bonds is 9. The van der Waals surface area contributed by atoms with E-state index in [1.54, 1.807) is 43.5 Å². The molecule has 0 bridgehead atoms. The molecule has 0 saturated carbocycles. The van der Waals surface area contributed by atoms with Gasteiger partial charge in [0.05, 0.1) is 6.61 Å². The second-order valence-corrected chi connectivity index (χ2v) is 11.3. The Morgan fingerprint density at radius 1 is 0.952 bits per heavy atom. The molecule has 2 atom stereocenters. The van der Waals surface area contributed by atoms with Gasteiger partial charge in [-0.05, 0) is 53.6 Å². The normalized spacial score (nSPS) is 20.4. The molecule has 1 N–H and O–H groups in total. The van der Waals surface area contributed by atoms with Crippen LogP contribution < -0.4 is 10.1 Å². The molecule has 226 valence electrons. The second kappa shape index (κ2) is 12.6. The highest BCUT2D eigenvalue weighted by Gasteiger charge is 2.64. The van der Waals surface area contributed by atoms with Crippen molar-refractivity contribution in [3.8, 4) is 5.75 Å². The van der Waals surface area contributed by atoms with Crippen LogP contribution in [0.5, 0.6) is 5.75 Å². The van der Waals surface area contributed by atoms with Crippen LogP contribution in [0.25, 0.3) is 10.8 Å². The van der Waals surface area contributed by atoms with Crippen molar-refractivity contribution in [2.45, 2.75) is 43.4 Å². The number of nitrogens with zero attached hydrogens (tertiary/aromatic N) is 1. The van der Waals surface area contributed by atoms with E-state index in [1.807, 2.05) is 18.2 Å². The minimum absolute atomic E-state index is 0.106. The Balaban J connectivity index is 1.42. The summed E-state index contributed by atoms with van der Waals surface area (Å²) in [7, 11) is 2.64. The molecule has 2 saturated heterocycles. The van der Waals surface area contributed by atoms with E-state index >= 15 is 13.2 Å². The Labute approximate surface area is 245 Å². The molecule has 0 aliphatic carbocycles. The quantitative estimate of drug-likeness (QED) is 0.311. The molecule has 3 aromatic carbocycles. The largest absolute Gasteiger partial charge is 0.493 e. The van der Waals surface area contributed by atoms with E-state index in [1.165, 1.54) is 11.0 Å². The first kappa shape index (κ1) is 30.3. The molecule has 0 radical (unpaired) electrons. The Hall–Kier alpha value is -3.14. The van der Waals surface area contributed by atoms with Gasteiger partial charge >= 0.3 is 6.18 Å². The van der Waals surface area contributed by atoms with Crippen LogP contribution in [0.2, 0.25) is 0 Å². The summed E-state index contributed by atoms with van der Waals surface area (Å²) in [5, 5.41) is 4.48. The van der Waals surface area contributed by atoms with Gasteiger partial charge in [0, 0.05) is 58.4 Å². The summed E-state index contributed by atoms with van der Waals surface area (Å²) in [6.07, 6.45) is -2.14. The van der Waals surface area contributed by atoms with Crippen LogP contribution in [0.1, 0.15) is 42.7 Å². The van der Waals surface area contributed by atoms with Crippen molar-refractivity contribution in [2.24, 2.45) is 5.41 Å². The average molecular weight is 585 g/mol. The highest BCUT2D eigenvalue weighted by molar-refractivity contribution is 5.95. The maximum atomic E-state index is 15.0. The number of ether oxygens (including phenoxy) is 3. The Morgan fingerprint density at radius 3 is 2.40 bits per heavy atom. The van der Waals surface area contributed by atoms with Gasteiger partial charge in [-0.1, -0.05) is 60.7 Å². The average Bonchev–Trinajstić information content (AvgIpc) is 3.00. The van der Waals surface area contributed by atoms with Crippen LogP contribution in [0.15, 0.2) is 66.7 Å². The summed E-state index contributed by atoms with van der Waals surface area (Å²) in [6, 6.07) is 19.4. The molecule has 2 unspecified atom stereocenters. The van der Waals surface area contributed by atoms with Crippen LogP contribution in [-0.2, 0) is 19.9 Å². The van der Waals surface area contributed by atoms with Crippen molar-refractivity contribution in [1.29, 1.82) is 0 Å². The van der Waals surface area contributed by atoms with Crippen molar-refractivity contribution in [3.63, 3.8) is 0 Å². The van der Waals surface area contributed by atoms with Crippen molar-refractivity contribution in [2.75, 3.05) is 53.6 Å². The van der Waals surface area contributed by atoms with Gasteiger partial charge in [-0.2, -0.15) is 13.2 Å². The molecular weight excluding hydrogens is 545 g/mol. The number of carbonyl (C=O) groups is 1. The predicted octanol–water partition coefficient (Wildman–Crippen LogP) is 6.05. The first-order valence-corrected chi connectivity index (χ1v) is 14.6. The standard InChI is InChI=1S/C33H39F3N2O4/c1-40-21-8-22-42-29-14-6-5-12-26(29)28-23-37-18-15-31(28)16-19-38(20-17-31)30(39)32(41-2,33(34,35)36)27-13-7-10-24-9-3-4-11-25(24)27/h3-7,9-14,28,37H,8,15-23H2,1-2H3. The van der Waals surface area contributed by atoms with Crippen LogP contribution in [-0.4, -0.2) is 70.6 Å². The summed E-state index contributed by atoms with van der Waals surface area (Å²) in [5.41, 5.74) is -2.35. The maximum Gasteiger partial charge on any atom is 0.431 e. The lowest BCUT2D eigenvalue weighted by molar-refractivity contribution is -0.270. The highest BCUT2D eigenvalue weighted by Crippen LogP contribution is 2.52. The molecule has 9 heteroatoms. The van der Waals surface area contributed by atoms with Crippen LogP contribution in [0, 0.1) is 5.41 Å². The van der Waals surface area contributed by atoms with E-state index in [0.29, 0.717) is 36.8 Å². The summed E-state index contributed by atoms with van der Waals surface area (Å²) < 4.78 is 61.6. The van der Waals surface area contributed by atoms with E-state index in [4.69, 9.17) is 14.2 Å². The Bertz CT molecular complexity index is 1370. The molecule has 6 nitrogen and oxygen atoms in total. The van der Waals surface area contributed by atoms with Crippen molar-refractivity contribution in [1.82, 2.24) is 10.2 Å². The summed E-state index contributed by atoms with van der Waals surface area (Å²) >= 11 is 0. The lowest BCUT2D eigenvalue weighted by atomic mass is 9.62. The van der Waals surface area contributed by atoms with Crippen LogP contribution in [0.4, 0.5) is 13.2 Å². The first-order valence-electron chi connectivity index (χ1n) is 14.6. The fourth-order valence-corrected chi connectivity index (χ4v) is 6.91. The number of carbonyl (C=O) groups excluding carboxylic acids is 1. The van der Waals surface area contributed by atoms with E-state index in [0.717, 1.165) is 44.4 Å². The molecule has 3 aromatic rings. The molecule has 5 rings (SSSR count). The molecule has 0 aromatic heterocycles. The fraction of sp³-hybridized carbons (Fsp3) is 0.485. The minimum atomic E-state index is -4.96. The summed E-state index contributed by atoms with van der Waals surface area (Å²) in [4.78, 5) is 15.4. The zero-order valence-electron chi connectivity index (χ0n) is 24.2. The number of halogens is 3. The molecule has 2 heterocycles. The van der Waals surface area contributed by atoms with E-state index < -0.39 is 17.7 Å². The third kappa shape index (κ3) is 5.50. The number of nitrogens with one attached hydrogen (secondary N) is 1. The van der Waals surface area contributed by atoms with Crippen LogP contribution in [0.3, 0.4) is 0 Å². The molecule has 2 aliphatic rings. The number of benzene rings is 3. The lowest BCUT2D eigenvalue weighted by Crippen LogP contribution is -2.60. The smallest absolute Gasteiger partial charge is 0.431 e. The zero-order chi connectivity index (χ0) is 29.8. The number of hydrogen-bond acceptors (Lipinski definition) is 5. The van der Waals surface area contributed by atoms with Crippen molar-refractivity contribution < 1.29 is 32.2 Å². The van der Waals surface area contributed by atoms with Crippen molar-refractivity contribution in [3.05, 3.63) is 77.9 Å². The van der Waals surface area contributed by atoms with Gasteiger partial charge in [-0.15, -0.1) is 0 Å². The lowest BCUT2D eigenvalue weighted by Gasteiger charge is -2.51. The number of hydrogen-bond donors (Lipinski definition) is 1. The fourth-order valence-electron chi connectivity index (χ4n) is 6.91. The number of piperidine rings is 2. The Kier molecular flexibility index (Phi) is 9.11. The monoisotopic (exact) mass is 584 g/mol. The van der Waals surface area contributed by atoms with Gasteiger partial charge < -0.3 is 24.4 Å². The van der Waals surface area contributed by atoms with E-state index in [-0.39, 0.29) is 30.0 Å². The van der Waals surface area contributed by atoms with Gasteiger partial charge in [0.2, 0.25) is 0 Å². The van der Waals surface area contributed by atoms with Gasteiger partial charge in [0.25, 0.3) is 11.5 Å². The first-order chi connectivity index (χ1) is 20.3. The zero-order valence-corrected chi connectivity index (χ0v) is 24.2. The van der Waals surface area contributed by atoms with Crippen LogP contribution >= 0.6 is 0 Å². The summed E-state index contributed by atoms with van der Waals surface area (Å²) in [6.45, 7) is 3.15. The second-order valence-electron chi connectivity index (χ2n) is 11.3. The third-order valence-electron chi connectivity index (χ3n) is 9.15. The van der Waals surface area contributed by atoms with Gasteiger partial charge in [0.15, 0.2) is 0 Å². The number of fused-ring (bicyclic) bond motifs is 1. The SMILES string of the molecule is COCCCOc1ccccc1C1CNCCC12CCN(C(=O)C(OC)(c1cccc3ccccc13)C(F)(F)F)CC2. The molecule has 2 fully saturated rings. The molecule has 2 aliphatic heterocycles. The third-order valence-corrected chi connectivity index (χ3v) is 9.15.